The predicted octanol–water partition coefficient (Wildman–Crippen LogP) is 2.61. The molecule has 0 atom stereocenters. The SMILES string of the molecule is O=C(O)c1cc(Br)c(Br)c(C(=O)O)c1. The summed E-state index contributed by atoms with van der Waals surface area (Å²) in [5, 5.41) is 17.4. The van der Waals surface area contributed by atoms with E-state index in [9.17, 15) is 9.59 Å². The highest BCUT2D eigenvalue weighted by Crippen LogP contribution is 2.28. The van der Waals surface area contributed by atoms with Crippen molar-refractivity contribution in [3.8, 4) is 0 Å². The van der Waals surface area contributed by atoms with Crippen LogP contribution >= 0.6 is 31.9 Å². The molecule has 2 N–H and O–H groups in total. The van der Waals surface area contributed by atoms with E-state index in [2.05, 4.69) is 31.9 Å². The molecule has 14 heavy (non-hydrogen) atoms. The molecular weight excluding hydrogens is 320 g/mol. The van der Waals surface area contributed by atoms with Gasteiger partial charge < -0.3 is 10.2 Å². The zero-order valence-corrected chi connectivity index (χ0v) is 9.79. The van der Waals surface area contributed by atoms with Gasteiger partial charge in [0.05, 0.1) is 11.1 Å². The van der Waals surface area contributed by atoms with Gasteiger partial charge in [-0.05, 0) is 44.0 Å². The first kappa shape index (κ1) is 11.2. The van der Waals surface area contributed by atoms with Gasteiger partial charge in [-0.25, -0.2) is 9.59 Å². The molecule has 0 aliphatic carbocycles. The lowest BCUT2D eigenvalue weighted by molar-refractivity contribution is 0.0695. The third kappa shape index (κ3) is 2.13. The standard InChI is InChI=1S/C8H4Br2O4/c9-5-2-3(7(11)12)1-4(6(5)10)8(13)14/h1-2H,(H,11,12)(H,13,14). The van der Waals surface area contributed by atoms with Crippen LogP contribution in [-0.2, 0) is 0 Å². The molecule has 0 radical (unpaired) electrons. The topological polar surface area (TPSA) is 74.6 Å². The Morgan fingerprint density at radius 1 is 1.07 bits per heavy atom. The molecule has 74 valence electrons. The highest BCUT2D eigenvalue weighted by Gasteiger charge is 2.15. The number of rotatable bonds is 2. The second-order valence-electron chi connectivity index (χ2n) is 2.43. The fourth-order valence-electron chi connectivity index (χ4n) is 0.868. The van der Waals surface area contributed by atoms with Crippen molar-refractivity contribution in [3.05, 3.63) is 32.2 Å². The van der Waals surface area contributed by atoms with Crippen LogP contribution in [0.15, 0.2) is 21.1 Å². The van der Waals surface area contributed by atoms with Crippen molar-refractivity contribution in [2.24, 2.45) is 0 Å². The van der Waals surface area contributed by atoms with Crippen molar-refractivity contribution in [1.29, 1.82) is 0 Å². The fraction of sp³-hybridized carbons (Fsp3) is 0. The number of carboxylic acid groups (broad SMARTS) is 2. The van der Waals surface area contributed by atoms with Gasteiger partial charge in [0.1, 0.15) is 0 Å². The molecule has 0 aromatic heterocycles. The van der Waals surface area contributed by atoms with Crippen LogP contribution in [0.4, 0.5) is 0 Å². The van der Waals surface area contributed by atoms with Crippen molar-refractivity contribution in [3.63, 3.8) is 0 Å². The molecule has 0 spiro atoms. The number of halogens is 2. The van der Waals surface area contributed by atoms with E-state index in [1.54, 1.807) is 0 Å². The lowest BCUT2D eigenvalue weighted by Gasteiger charge is -2.03. The van der Waals surface area contributed by atoms with E-state index in [1.807, 2.05) is 0 Å². The Bertz CT molecular complexity index is 414. The highest BCUT2D eigenvalue weighted by molar-refractivity contribution is 9.13. The van der Waals surface area contributed by atoms with Gasteiger partial charge in [-0.1, -0.05) is 0 Å². The van der Waals surface area contributed by atoms with Gasteiger partial charge in [0.15, 0.2) is 0 Å². The molecule has 0 aliphatic rings. The van der Waals surface area contributed by atoms with E-state index >= 15 is 0 Å². The maximum absolute atomic E-state index is 10.7. The minimum atomic E-state index is -1.18. The zero-order valence-electron chi connectivity index (χ0n) is 6.62. The van der Waals surface area contributed by atoms with Crippen LogP contribution in [0.1, 0.15) is 20.7 Å². The van der Waals surface area contributed by atoms with Crippen LogP contribution in [0.2, 0.25) is 0 Å². The molecule has 0 unspecified atom stereocenters. The Hall–Kier alpha value is -0.880. The van der Waals surface area contributed by atoms with Crippen LogP contribution in [0.3, 0.4) is 0 Å². The molecule has 0 amide bonds. The molecule has 4 nitrogen and oxygen atoms in total. The number of carbonyl (C=O) groups is 2. The summed E-state index contributed by atoms with van der Waals surface area (Å²) in [5.41, 5.74) is -0.158. The van der Waals surface area contributed by atoms with Crippen LogP contribution in [0, 0.1) is 0 Å². The molecule has 0 saturated heterocycles. The minimum Gasteiger partial charge on any atom is -0.478 e. The zero-order chi connectivity index (χ0) is 10.9. The third-order valence-electron chi connectivity index (χ3n) is 1.51. The molecule has 0 aliphatic heterocycles. The second-order valence-corrected chi connectivity index (χ2v) is 4.08. The van der Waals surface area contributed by atoms with E-state index in [1.165, 1.54) is 6.07 Å². The van der Waals surface area contributed by atoms with Crippen molar-refractivity contribution in [2.45, 2.75) is 0 Å². The maximum Gasteiger partial charge on any atom is 0.336 e. The van der Waals surface area contributed by atoms with Gasteiger partial charge in [-0.2, -0.15) is 0 Å². The Morgan fingerprint density at radius 3 is 2.07 bits per heavy atom. The average molecular weight is 324 g/mol. The van der Waals surface area contributed by atoms with E-state index in [-0.39, 0.29) is 11.1 Å². The monoisotopic (exact) mass is 322 g/mol. The quantitative estimate of drug-likeness (QED) is 0.877. The Kier molecular flexibility index (Phi) is 3.28. The lowest BCUT2D eigenvalue weighted by Crippen LogP contribution is -2.03. The van der Waals surface area contributed by atoms with E-state index in [0.717, 1.165) is 6.07 Å². The van der Waals surface area contributed by atoms with Gasteiger partial charge in [-0.3, -0.25) is 0 Å². The molecular formula is C8H4Br2O4. The second kappa shape index (κ2) is 4.10. The Morgan fingerprint density at radius 2 is 1.64 bits per heavy atom. The minimum absolute atomic E-state index is 0.0718. The van der Waals surface area contributed by atoms with E-state index in [4.69, 9.17) is 10.2 Å². The Labute approximate surface area is 95.8 Å². The molecule has 0 fully saturated rings. The van der Waals surface area contributed by atoms with Crippen LogP contribution < -0.4 is 0 Å². The fourth-order valence-corrected chi connectivity index (χ4v) is 1.73. The first-order valence-corrected chi connectivity index (χ1v) is 4.97. The third-order valence-corrected chi connectivity index (χ3v) is 3.52. The molecule has 1 aromatic carbocycles. The summed E-state index contributed by atoms with van der Waals surface area (Å²) in [4.78, 5) is 21.3. The van der Waals surface area contributed by atoms with Crippen molar-refractivity contribution in [2.75, 3.05) is 0 Å². The van der Waals surface area contributed by atoms with Crippen LogP contribution in [-0.4, -0.2) is 22.2 Å². The Balaban J connectivity index is 3.43. The summed E-state index contributed by atoms with van der Waals surface area (Å²) in [6.45, 7) is 0. The molecule has 6 heteroatoms. The largest absolute Gasteiger partial charge is 0.478 e. The first-order valence-electron chi connectivity index (χ1n) is 3.39. The average Bonchev–Trinajstić information content (AvgIpc) is 2.08. The van der Waals surface area contributed by atoms with Crippen LogP contribution in [0.25, 0.3) is 0 Å². The van der Waals surface area contributed by atoms with Gasteiger partial charge in [-0.15, -0.1) is 0 Å². The number of hydrogen-bond acceptors (Lipinski definition) is 2. The first-order chi connectivity index (χ1) is 6.43. The summed E-state index contributed by atoms with van der Waals surface area (Å²) in [6.07, 6.45) is 0. The van der Waals surface area contributed by atoms with Gasteiger partial charge in [0.2, 0.25) is 0 Å². The molecule has 1 rings (SSSR count). The summed E-state index contributed by atoms with van der Waals surface area (Å²) in [6, 6.07) is 2.43. The maximum atomic E-state index is 10.7. The summed E-state index contributed by atoms with van der Waals surface area (Å²) < 4.78 is 0.727. The number of carboxylic acids is 2. The van der Waals surface area contributed by atoms with E-state index < -0.39 is 11.9 Å². The summed E-state index contributed by atoms with van der Waals surface area (Å²) in [5.74, 6) is -2.35. The molecule has 0 saturated carbocycles. The smallest absolute Gasteiger partial charge is 0.336 e. The van der Waals surface area contributed by atoms with E-state index in [0.29, 0.717) is 8.95 Å². The predicted molar refractivity (Wildman–Crippen MR) is 55.8 cm³/mol. The number of benzene rings is 1. The van der Waals surface area contributed by atoms with Crippen molar-refractivity contribution >= 4 is 43.8 Å². The molecule has 0 heterocycles. The summed E-state index contributed by atoms with van der Waals surface area (Å²) in [7, 11) is 0. The molecule has 0 bridgehead atoms. The van der Waals surface area contributed by atoms with Crippen LogP contribution in [0.5, 0.6) is 0 Å². The molecule has 1 aromatic rings. The van der Waals surface area contributed by atoms with Gasteiger partial charge >= 0.3 is 11.9 Å². The van der Waals surface area contributed by atoms with Crippen molar-refractivity contribution in [1.82, 2.24) is 0 Å². The van der Waals surface area contributed by atoms with Gasteiger partial charge in [0, 0.05) is 8.95 Å². The lowest BCUT2D eigenvalue weighted by atomic mass is 10.1. The van der Waals surface area contributed by atoms with Crippen molar-refractivity contribution < 1.29 is 19.8 Å². The summed E-state index contributed by atoms with van der Waals surface area (Å²) >= 11 is 6.10. The number of hydrogen-bond donors (Lipinski definition) is 2. The van der Waals surface area contributed by atoms with Gasteiger partial charge in [0.25, 0.3) is 0 Å². The normalized spacial score (nSPS) is 9.86. The number of aromatic carboxylic acids is 2. The highest BCUT2D eigenvalue weighted by atomic mass is 79.9.